The molecule has 0 spiro atoms. The third-order valence-corrected chi connectivity index (χ3v) is 1.46. The summed E-state index contributed by atoms with van der Waals surface area (Å²) in [5.41, 5.74) is -1.82. The number of nitro groups is 1. The lowest BCUT2D eigenvalue weighted by Gasteiger charge is -1.99. The molecule has 74 valence electrons. The van der Waals surface area contributed by atoms with Gasteiger partial charge in [-0.15, -0.1) is 0 Å². The monoisotopic (exact) mass is 202 g/mol. The molecule has 0 aliphatic rings. The van der Waals surface area contributed by atoms with E-state index in [1.165, 1.54) is 0 Å². The third kappa shape index (κ3) is 1.87. The lowest BCUT2D eigenvalue weighted by Crippen LogP contribution is -2.00. The molecule has 7 heteroatoms. The van der Waals surface area contributed by atoms with Crippen LogP contribution in [-0.2, 0) is 0 Å². The molecule has 0 saturated heterocycles. The Labute approximate surface area is 76.5 Å². The van der Waals surface area contributed by atoms with Gasteiger partial charge in [0.05, 0.1) is 4.92 Å². The fourth-order valence-electron chi connectivity index (χ4n) is 0.846. The van der Waals surface area contributed by atoms with Crippen LogP contribution in [0.1, 0.15) is 22.6 Å². The first-order valence-corrected chi connectivity index (χ1v) is 3.45. The first kappa shape index (κ1) is 10.2. The van der Waals surface area contributed by atoms with E-state index in [0.29, 0.717) is 0 Å². The van der Waals surface area contributed by atoms with E-state index < -0.39 is 28.4 Å². The van der Waals surface area contributed by atoms with Crippen molar-refractivity contribution in [1.82, 2.24) is 4.98 Å². The van der Waals surface area contributed by atoms with Gasteiger partial charge in [0.25, 0.3) is 12.1 Å². The van der Waals surface area contributed by atoms with E-state index in [1.807, 2.05) is 0 Å². The first-order chi connectivity index (χ1) is 6.56. The lowest BCUT2D eigenvalue weighted by atomic mass is 10.2. The predicted octanol–water partition coefficient (Wildman–Crippen LogP) is 1.74. The largest absolute Gasteiger partial charge is 0.298 e. The Bertz CT molecular complexity index is 381. The minimum absolute atomic E-state index is 0.0734. The number of nitrogens with zero attached hydrogens (tertiary/aromatic N) is 2. The summed E-state index contributed by atoms with van der Waals surface area (Å²) in [7, 11) is 0. The van der Waals surface area contributed by atoms with Crippen LogP contribution in [-0.4, -0.2) is 16.2 Å². The normalized spacial score (nSPS) is 10.2. The number of aldehydes is 1. The minimum Gasteiger partial charge on any atom is -0.296 e. The van der Waals surface area contributed by atoms with Gasteiger partial charge in [-0.1, -0.05) is 0 Å². The van der Waals surface area contributed by atoms with E-state index in [4.69, 9.17) is 0 Å². The van der Waals surface area contributed by atoms with Crippen LogP contribution in [0.2, 0.25) is 0 Å². The fraction of sp³-hybridized carbons (Fsp3) is 0.143. The molecule has 0 atom stereocenters. The second-order valence-corrected chi connectivity index (χ2v) is 2.32. The van der Waals surface area contributed by atoms with Crippen LogP contribution >= 0.6 is 0 Å². The van der Waals surface area contributed by atoms with Gasteiger partial charge in [0.2, 0.25) is 0 Å². The SMILES string of the molecule is O=Cc1nc(C(F)F)ccc1[N+](=O)[O-]. The maximum absolute atomic E-state index is 12.1. The topological polar surface area (TPSA) is 73.1 Å². The Morgan fingerprint density at radius 2 is 2.14 bits per heavy atom. The second kappa shape index (κ2) is 3.86. The highest BCUT2D eigenvalue weighted by Crippen LogP contribution is 2.21. The summed E-state index contributed by atoms with van der Waals surface area (Å²) in [6.45, 7) is 0. The number of hydrogen-bond donors (Lipinski definition) is 0. The molecule has 0 fully saturated rings. The van der Waals surface area contributed by atoms with Crippen molar-refractivity contribution < 1.29 is 18.5 Å². The maximum Gasteiger partial charge on any atom is 0.298 e. The lowest BCUT2D eigenvalue weighted by molar-refractivity contribution is -0.385. The number of carbonyl (C=O) groups is 1. The Balaban J connectivity index is 3.25. The van der Waals surface area contributed by atoms with Crippen molar-refractivity contribution in [3.63, 3.8) is 0 Å². The molecule has 1 aromatic heterocycles. The summed E-state index contributed by atoms with van der Waals surface area (Å²) in [6.07, 6.45) is -2.78. The van der Waals surface area contributed by atoms with Crippen LogP contribution in [0.25, 0.3) is 0 Å². The molecule has 0 aliphatic heterocycles. The van der Waals surface area contributed by atoms with Crippen LogP contribution in [0.3, 0.4) is 0 Å². The molecule has 1 aromatic rings. The van der Waals surface area contributed by atoms with Crippen LogP contribution < -0.4 is 0 Å². The Morgan fingerprint density at radius 3 is 2.57 bits per heavy atom. The molecule has 0 radical (unpaired) electrons. The van der Waals surface area contributed by atoms with E-state index in [2.05, 4.69) is 4.98 Å². The van der Waals surface area contributed by atoms with Gasteiger partial charge in [0.15, 0.2) is 12.0 Å². The molecule has 1 heterocycles. The average molecular weight is 202 g/mol. The number of halogens is 2. The molecule has 14 heavy (non-hydrogen) atoms. The van der Waals surface area contributed by atoms with Gasteiger partial charge in [-0.05, 0) is 6.07 Å². The molecule has 0 saturated carbocycles. The highest BCUT2D eigenvalue weighted by atomic mass is 19.3. The van der Waals surface area contributed by atoms with E-state index in [1.54, 1.807) is 0 Å². The number of rotatable bonds is 3. The second-order valence-electron chi connectivity index (χ2n) is 2.32. The molecule has 0 amide bonds. The summed E-state index contributed by atoms with van der Waals surface area (Å²) >= 11 is 0. The first-order valence-electron chi connectivity index (χ1n) is 3.45. The summed E-state index contributed by atoms with van der Waals surface area (Å²) in [6, 6.07) is 1.65. The number of hydrogen-bond acceptors (Lipinski definition) is 4. The van der Waals surface area contributed by atoms with E-state index >= 15 is 0 Å². The molecule has 0 unspecified atom stereocenters. The quantitative estimate of drug-likeness (QED) is 0.425. The zero-order chi connectivity index (χ0) is 10.7. The van der Waals surface area contributed by atoms with Gasteiger partial charge < -0.3 is 0 Å². The number of carbonyl (C=O) groups excluding carboxylic acids is 1. The smallest absolute Gasteiger partial charge is 0.296 e. The van der Waals surface area contributed by atoms with Crippen molar-refractivity contribution in [1.29, 1.82) is 0 Å². The Hall–Kier alpha value is -1.92. The van der Waals surface area contributed by atoms with Crippen LogP contribution in [0.4, 0.5) is 14.5 Å². The zero-order valence-electron chi connectivity index (χ0n) is 6.68. The Morgan fingerprint density at radius 1 is 1.50 bits per heavy atom. The maximum atomic E-state index is 12.1. The molecular formula is C7H4F2N2O3. The van der Waals surface area contributed by atoms with Gasteiger partial charge in [0, 0.05) is 6.07 Å². The molecule has 5 nitrogen and oxygen atoms in total. The van der Waals surface area contributed by atoms with Crippen molar-refractivity contribution in [3.05, 3.63) is 33.6 Å². The summed E-state index contributed by atoms with van der Waals surface area (Å²) in [4.78, 5) is 22.9. The van der Waals surface area contributed by atoms with Crippen LogP contribution in [0.15, 0.2) is 12.1 Å². The van der Waals surface area contributed by atoms with Gasteiger partial charge in [0.1, 0.15) is 5.69 Å². The molecule has 1 rings (SSSR count). The van der Waals surface area contributed by atoms with Crippen LogP contribution in [0.5, 0.6) is 0 Å². The standard InChI is InChI=1S/C7H4F2N2O3/c8-7(9)4-1-2-6(11(13)14)5(3-12)10-4/h1-3,7H. The predicted molar refractivity (Wildman–Crippen MR) is 41.2 cm³/mol. The zero-order valence-corrected chi connectivity index (χ0v) is 6.68. The van der Waals surface area contributed by atoms with E-state index in [9.17, 15) is 23.7 Å². The summed E-state index contributed by atoms with van der Waals surface area (Å²) in [5.74, 6) is 0. The molecule has 0 N–H and O–H groups in total. The van der Waals surface area contributed by atoms with Crippen molar-refractivity contribution in [2.75, 3.05) is 0 Å². The van der Waals surface area contributed by atoms with Gasteiger partial charge in [-0.2, -0.15) is 0 Å². The highest BCUT2D eigenvalue weighted by molar-refractivity contribution is 5.78. The minimum atomic E-state index is -2.85. The average Bonchev–Trinajstić information content (AvgIpc) is 2.16. The molecular weight excluding hydrogens is 198 g/mol. The number of pyridine rings is 1. The van der Waals surface area contributed by atoms with Gasteiger partial charge >= 0.3 is 0 Å². The molecule has 0 aromatic carbocycles. The van der Waals surface area contributed by atoms with Gasteiger partial charge in [-0.25, -0.2) is 13.8 Å². The summed E-state index contributed by atoms with van der Waals surface area (Å²) in [5, 5.41) is 10.3. The van der Waals surface area contributed by atoms with E-state index in [-0.39, 0.29) is 6.29 Å². The summed E-state index contributed by atoms with van der Waals surface area (Å²) < 4.78 is 24.1. The molecule has 0 aliphatic carbocycles. The van der Waals surface area contributed by atoms with Crippen molar-refractivity contribution in [2.24, 2.45) is 0 Å². The number of aromatic nitrogens is 1. The van der Waals surface area contributed by atoms with Crippen molar-refractivity contribution in [2.45, 2.75) is 6.43 Å². The van der Waals surface area contributed by atoms with E-state index in [0.717, 1.165) is 12.1 Å². The molecule has 0 bridgehead atoms. The third-order valence-electron chi connectivity index (χ3n) is 1.46. The van der Waals surface area contributed by atoms with Crippen molar-refractivity contribution >= 4 is 12.0 Å². The Kier molecular flexibility index (Phi) is 2.80. The highest BCUT2D eigenvalue weighted by Gasteiger charge is 2.18. The van der Waals surface area contributed by atoms with Gasteiger partial charge in [-0.3, -0.25) is 14.9 Å². The van der Waals surface area contributed by atoms with Crippen LogP contribution in [0, 0.1) is 10.1 Å². The van der Waals surface area contributed by atoms with Crippen molar-refractivity contribution in [3.8, 4) is 0 Å². The number of alkyl halides is 2. The fourth-order valence-corrected chi connectivity index (χ4v) is 0.846.